The van der Waals surface area contributed by atoms with Gasteiger partial charge >= 0.3 is 0 Å². The second-order valence-electron chi connectivity index (χ2n) is 7.11. The molecule has 0 bridgehead atoms. The molecule has 2 aliphatic rings. The van der Waals surface area contributed by atoms with Crippen molar-refractivity contribution < 1.29 is 14.3 Å². The van der Waals surface area contributed by atoms with Gasteiger partial charge < -0.3 is 14.8 Å². The van der Waals surface area contributed by atoms with Gasteiger partial charge in [0.2, 0.25) is 5.91 Å². The Morgan fingerprint density at radius 1 is 1.19 bits per heavy atom. The molecule has 0 radical (unpaired) electrons. The first-order valence-electron chi connectivity index (χ1n) is 9.40. The number of fused-ring (bicyclic) bond motifs is 1. The number of thioether (sulfide) groups is 1. The first kappa shape index (κ1) is 20.1. The Morgan fingerprint density at radius 2 is 1.96 bits per heavy atom. The van der Waals surface area contributed by atoms with Gasteiger partial charge in [0.25, 0.3) is 0 Å². The number of amides is 1. The van der Waals surface area contributed by atoms with Crippen LogP contribution in [0.4, 0.5) is 0 Å². The number of thiocarbonyl (C=S) groups is 1. The molecule has 3 atom stereocenters. The fraction of sp³-hybridized carbons (Fsp3) is 0.579. The number of hydrazine groups is 1. The van der Waals surface area contributed by atoms with Gasteiger partial charge in [-0.3, -0.25) is 15.6 Å². The van der Waals surface area contributed by atoms with E-state index >= 15 is 0 Å². The fourth-order valence-corrected chi connectivity index (χ4v) is 4.34. The standard InChI is InChI=1S/C19H27N3O3S2/c1-12-4-3-5-15(13(12)2)20-19(26)22-21-18(23)11-27-14-6-7-16-17(10-14)25-9-8-24-16/h6-7,10,12-13,15H,3-5,8-9,11H2,1-2H3,(H,21,23)(H2,20,22,26)/t12-,13+,15-/m0/s1. The van der Waals surface area contributed by atoms with Crippen LogP contribution in [-0.4, -0.2) is 36.0 Å². The summed E-state index contributed by atoms with van der Waals surface area (Å²) in [6.45, 7) is 5.66. The van der Waals surface area contributed by atoms with Gasteiger partial charge in [-0.15, -0.1) is 11.8 Å². The number of carbonyl (C=O) groups excluding carboxylic acids is 1. The Kier molecular flexibility index (Phi) is 7.07. The first-order valence-corrected chi connectivity index (χ1v) is 10.8. The molecule has 3 N–H and O–H groups in total. The lowest BCUT2D eigenvalue weighted by Crippen LogP contribution is -2.52. The van der Waals surface area contributed by atoms with E-state index in [0.29, 0.717) is 36.2 Å². The molecule has 1 aliphatic heterocycles. The van der Waals surface area contributed by atoms with Crippen molar-refractivity contribution in [2.75, 3.05) is 19.0 Å². The van der Waals surface area contributed by atoms with Gasteiger partial charge in [-0.2, -0.15) is 0 Å². The molecule has 1 aromatic carbocycles. The van der Waals surface area contributed by atoms with Crippen LogP contribution in [0.15, 0.2) is 23.1 Å². The minimum absolute atomic E-state index is 0.135. The summed E-state index contributed by atoms with van der Waals surface area (Å²) in [5.74, 6) is 2.89. The Labute approximate surface area is 170 Å². The van der Waals surface area contributed by atoms with Crippen LogP contribution < -0.4 is 25.6 Å². The van der Waals surface area contributed by atoms with Crippen LogP contribution >= 0.6 is 24.0 Å². The second-order valence-corrected chi connectivity index (χ2v) is 8.57. The SMILES string of the molecule is C[C@H]1[C@@H](NC(=S)NNC(=O)CSc2ccc3c(c2)OCCO3)CCC[C@@H]1C. The molecule has 1 saturated carbocycles. The maximum Gasteiger partial charge on any atom is 0.248 e. The van der Waals surface area contributed by atoms with Gasteiger partial charge in [-0.05, 0) is 48.7 Å². The molecule has 1 fully saturated rings. The second kappa shape index (κ2) is 9.50. The van der Waals surface area contributed by atoms with Crippen molar-refractivity contribution in [2.24, 2.45) is 11.8 Å². The largest absolute Gasteiger partial charge is 0.486 e. The van der Waals surface area contributed by atoms with Gasteiger partial charge in [0.1, 0.15) is 13.2 Å². The summed E-state index contributed by atoms with van der Waals surface area (Å²) in [5.41, 5.74) is 5.48. The Balaban J connectivity index is 1.38. The molecule has 0 aromatic heterocycles. The van der Waals surface area contributed by atoms with Crippen molar-refractivity contribution >= 4 is 35.0 Å². The Morgan fingerprint density at radius 3 is 2.78 bits per heavy atom. The molecule has 1 amide bonds. The molecule has 1 heterocycles. The molecule has 1 aliphatic carbocycles. The van der Waals surface area contributed by atoms with E-state index in [1.54, 1.807) is 0 Å². The average Bonchev–Trinajstić information content (AvgIpc) is 2.68. The number of hydrogen-bond donors (Lipinski definition) is 3. The molecule has 0 saturated heterocycles. The highest BCUT2D eigenvalue weighted by molar-refractivity contribution is 8.00. The van der Waals surface area contributed by atoms with Crippen LogP contribution in [0.5, 0.6) is 11.5 Å². The first-order chi connectivity index (χ1) is 13.0. The third-order valence-corrected chi connectivity index (χ3v) is 6.44. The van der Waals surface area contributed by atoms with Crippen LogP contribution in [0.2, 0.25) is 0 Å². The summed E-state index contributed by atoms with van der Waals surface area (Å²) in [6, 6.07) is 6.06. The van der Waals surface area contributed by atoms with Crippen LogP contribution in [0.3, 0.4) is 0 Å². The van der Waals surface area contributed by atoms with Crippen molar-refractivity contribution in [2.45, 2.75) is 44.0 Å². The Hall–Kier alpha value is -1.67. The van der Waals surface area contributed by atoms with Gasteiger partial charge in [-0.25, -0.2) is 0 Å². The number of benzene rings is 1. The molecule has 1 aromatic rings. The third kappa shape index (κ3) is 5.65. The zero-order valence-corrected chi connectivity index (χ0v) is 17.4. The van der Waals surface area contributed by atoms with Crippen molar-refractivity contribution in [1.82, 2.24) is 16.2 Å². The number of nitrogens with one attached hydrogen (secondary N) is 3. The molecule has 148 valence electrons. The zero-order valence-electron chi connectivity index (χ0n) is 15.7. The van der Waals surface area contributed by atoms with Crippen molar-refractivity contribution in [1.29, 1.82) is 0 Å². The molecular weight excluding hydrogens is 382 g/mol. The number of hydrogen-bond acceptors (Lipinski definition) is 5. The number of rotatable bonds is 4. The molecule has 27 heavy (non-hydrogen) atoms. The van der Waals surface area contributed by atoms with E-state index in [2.05, 4.69) is 30.0 Å². The summed E-state index contributed by atoms with van der Waals surface area (Å²) in [5, 5.41) is 3.80. The summed E-state index contributed by atoms with van der Waals surface area (Å²) in [6.07, 6.45) is 3.60. The van der Waals surface area contributed by atoms with Gasteiger partial charge in [0.15, 0.2) is 16.6 Å². The average molecular weight is 410 g/mol. The molecule has 0 unspecified atom stereocenters. The van der Waals surface area contributed by atoms with Crippen LogP contribution in [0.1, 0.15) is 33.1 Å². The lowest BCUT2D eigenvalue weighted by Gasteiger charge is -2.35. The van der Waals surface area contributed by atoms with Crippen LogP contribution in [0, 0.1) is 11.8 Å². The van der Waals surface area contributed by atoms with Gasteiger partial charge in [0.05, 0.1) is 5.75 Å². The third-order valence-electron chi connectivity index (χ3n) is 5.22. The van der Waals surface area contributed by atoms with E-state index < -0.39 is 0 Å². The normalized spacial score (nSPS) is 24.0. The maximum absolute atomic E-state index is 12.1. The predicted molar refractivity (Wildman–Crippen MR) is 111 cm³/mol. The van der Waals surface area contributed by atoms with E-state index in [1.807, 2.05) is 18.2 Å². The summed E-state index contributed by atoms with van der Waals surface area (Å²) >= 11 is 6.75. The lowest BCUT2D eigenvalue weighted by atomic mass is 9.78. The van der Waals surface area contributed by atoms with E-state index in [4.69, 9.17) is 21.7 Å². The minimum atomic E-state index is -0.135. The smallest absolute Gasteiger partial charge is 0.248 e. The summed E-state index contributed by atoms with van der Waals surface area (Å²) in [7, 11) is 0. The highest BCUT2D eigenvalue weighted by atomic mass is 32.2. The van der Waals surface area contributed by atoms with Gasteiger partial charge in [0, 0.05) is 10.9 Å². The monoisotopic (exact) mass is 409 g/mol. The maximum atomic E-state index is 12.1. The van der Waals surface area contributed by atoms with E-state index in [1.165, 1.54) is 24.6 Å². The number of ether oxygens (including phenoxy) is 2. The van der Waals surface area contributed by atoms with Crippen LogP contribution in [0.25, 0.3) is 0 Å². The molecule has 6 nitrogen and oxygen atoms in total. The van der Waals surface area contributed by atoms with E-state index in [-0.39, 0.29) is 11.7 Å². The highest BCUT2D eigenvalue weighted by Gasteiger charge is 2.27. The summed E-state index contributed by atoms with van der Waals surface area (Å²) in [4.78, 5) is 13.0. The topological polar surface area (TPSA) is 71.6 Å². The number of carbonyl (C=O) groups is 1. The molecule has 8 heteroatoms. The quantitative estimate of drug-likeness (QED) is 0.401. The van der Waals surface area contributed by atoms with Crippen molar-refractivity contribution in [3.63, 3.8) is 0 Å². The van der Waals surface area contributed by atoms with E-state index in [9.17, 15) is 4.79 Å². The Bertz CT molecular complexity index is 686. The van der Waals surface area contributed by atoms with Crippen molar-refractivity contribution in [3.05, 3.63) is 18.2 Å². The van der Waals surface area contributed by atoms with Crippen molar-refractivity contribution in [3.8, 4) is 11.5 Å². The molecule has 3 rings (SSSR count). The molecule has 0 spiro atoms. The highest BCUT2D eigenvalue weighted by Crippen LogP contribution is 2.34. The van der Waals surface area contributed by atoms with Crippen LogP contribution in [-0.2, 0) is 4.79 Å². The summed E-state index contributed by atoms with van der Waals surface area (Å²) < 4.78 is 11.1. The van der Waals surface area contributed by atoms with Gasteiger partial charge in [-0.1, -0.05) is 26.7 Å². The lowest BCUT2D eigenvalue weighted by molar-refractivity contribution is -0.119. The molecular formula is C19H27N3O3S2. The van der Waals surface area contributed by atoms with E-state index in [0.717, 1.165) is 22.8 Å². The minimum Gasteiger partial charge on any atom is -0.486 e. The predicted octanol–water partition coefficient (Wildman–Crippen LogP) is 2.87. The zero-order chi connectivity index (χ0) is 19.2. The fourth-order valence-electron chi connectivity index (χ4n) is 3.42.